The highest BCUT2D eigenvalue weighted by atomic mass is 16.6. The first-order valence-electron chi connectivity index (χ1n) is 4.38. The molecule has 0 aliphatic carbocycles. The van der Waals surface area contributed by atoms with E-state index in [4.69, 9.17) is 5.11 Å². The number of hydrogen-bond acceptors (Lipinski definition) is 3. The van der Waals surface area contributed by atoms with Gasteiger partial charge in [0.15, 0.2) is 0 Å². The summed E-state index contributed by atoms with van der Waals surface area (Å²) in [7, 11) is 0. The fraction of sp³-hybridized carbons (Fsp3) is 0.300. The van der Waals surface area contributed by atoms with Crippen LogP contribution in [0.4, 0.5) is 5.69 Å². The third-order valence-corrected chi connectivity index (χ3v) is 2.05. The van der Waals surface area contributed by atoms with Crippen LogP contribution in [-0.2, 0) is 11.2 Å². The Labute approximate surface area is 86.5 Å². The number of nitro benzene ring substituents is 1. The van der Waals surface area contributed by atoms with Crippen LogP contribution in [0.3, 0.4) is 0 Å². The fourth-order valence-electron chi connectivity index (χ4n) is 1.61. The van der Waals surface area contributed by atoms with Crippen LogP contribution >= 0.6 is 0 Å². The highest BCUT2D eigenvalue weighted by Crippen LogP contribution is 2.25. The lowest BCUT2D eigenvalue weighted by Crippen LogP contribution is -2.05. The first kappa shape index (κ1) is 11.2. The molecule has 5 heteroatoms. The SMILES string of the molecule is Cc1cc(C)c([N+](=O)[O-])c(CC(=O)O)c1. The molecule has 1 rings (SSSR count). The lowest BCUT2D eigenvalue weighted by molar-refractivity contribution is -0.386. The maximum atomic E-state index is 10.7. The zero-order valence-corrected chi connectivity index (χ0v) is 8.48. The van der Waals surface area contributed by atoms with Gasteiger partial charge in [-0.1, -0.05) is 5.56 Å². The number of nitrogens with zero attached hydrogens (tertiary/aromatic N) is 1. The summed E-state index contributed by atoms with van der Waals surface area (Å²) in [6.45, 7) is 3.39. The third kappa shape index (κ3) is 2.52. The number of benzene rings is 1. The molecule has 5 nitrogen and oxygen atoms in total. The summed E-state index contributed by atoms with van der Waals surface area (Å²) in [4.78, 5) is 20.8. The molecule has 0 radical (unpaired) electrons. The maximum absolute atomic E-state index is 10.7. The van der Waals surface area contributed by atoms with Crippen molar-refractivity contribution in [2.24, 2.45) is 0 Å². The van der Waals surface area contributed by atoms with Gasteiger partial charge in [-0.2, -0.15) is 0 Å². The van der Waals surface area contributed by atoms with Crippen molar-refractivity contribution in [2.75, 3.05) is 0 Å². The number of rotatable bonds is 3. The topological polar surface area (TPSA) is 80.4 Å². The van der Waals surface area contributed by atoms with Crippen molar-refractivity contribution in [2.45, 2.75) is 20.3 Å². The van der Waals surface area contributed by atoms with Crippen molar-refractivity contribution in [3.63, 3.8) is 0 Å². The monoisotopic (exact) mass is 209 g/mol. The number of nitro groups is 1. The second-order valence-corrected chi connectivity index (χ2v) is 3.42. The van der Waals surface area contributed by atoms with Crippen molar-refractivity contribution in [3.05, 3.63) is 38.9 Å². The standard InChI is InChI=1S/C10H11NO4/c1-6-3-7(2)10(11(14)15)8(4-6)5-9(12)13/h3-4H,5H2,1-2H3,(H,12,13). The predicted octanol–water partition coefficient (Wildman–Crippen LogP) is 1.84. The summed E-state index contributed by atoms with van der Waals surface area (Å²) in [5, 5.41) is 19.4. The van der Waals surface area contributed by atoms with Crippen LogP contribution in [0.25, 0.3) is 0 Å². The first-order valence-corrected chi connectivity index (χ1v) is 4.38. The van der Waals surface area contributed by atoms with E-state index >= 15 is 0 Å². The highest BCUT2D eigenvalue weighted by molar-refractivity contribution is 5.72. The molecule has 1 aromatic rings. The van der Waals surface area contributed by atoms with Crippen LogP contribution in [0, 0.1) is 24.0 Å². The number of hydrogen-bond donors (Lipinski definition) is 1. The van der Waals surface area contributed by atoms with Crippen molar-refractivity contribution in [3.8, 4) is 0 Å². The van der Waals surface area contributed by atoms with Gasteiger partial charge in [-0.15, -0.1) is 0 Å². The summed E-state index contributed by atoms with van der Waals surface area (Å²) >= 11 is 0. The number of carboxylic acid groups (broad SMARTS) is 1. The molecule has 0 saturated carbocycles. The van der Waals surface area contributed by atoms with E-state index < -0.39 is 10.9 Å². The van der Waals surface area contributed by atoms with Crippen molar-refractivity contribution >= 4 is 11.7 Å². The summed E-state index contributed by atoms with van der Waals surface area (Å²) in [5.74, 6) is -1.07. The van der Waals surface area contributed by atoms with E-state index in [1.165, 1.54) is 0 Å². The Kier molecular flexibility index (Phi) is 3.04. The number of aliphatic carboxylic acids is 1. The first-order chi connectivity index (χ1) is 6.91. The summed E-state index contributed by atoms with van der Waals surface area (Å²) in [6.07, 6.45) is -0.321. The van der Waals surface area contributed by atoms with Gasteiger partial charge in [0.2, 0.25) is 0 Å². The van der Waals surface area contributed by atoms with Gasteiger partial charge in [-0.25, -0.2) is 0 Å². The molecule has 80 valence electrons. The van der Waals surface area contributed by atoms with E-state index in [0.717, 1.165) is 5.56 Å². The fourth-order valence-corrected chi connectivity index (χ4v) is 1.61. The largest absolute Gasteiger partial charge is 0.481 e. The number of aryl methyl sites for hydroxylation is 2. The molecular weight excluding hydrogens is 198 g/mol. The van der Waals surface area contributed by atoms with E-state index in [-0.39, 0.29) is 17.7 Å². The van der Waals surface area contributed by atoms with Gasteiger partial charge in [0.25, 0.3) is 5.69 Å². The molecule has 0 saturated heterocycles. The van der Waals surface area contributed by atoms with Crippen molar-refractivity contribution < 1.29 is 14.8 Å². The lowest BCUT2D eigenvalue weighted by Gasteiger charge is -2.04. The highest BCUT2D eigenvalue weighted by Gasteiger charge is 2.19. The molecule has 0 unspecified atom stereocenters. The van der Waals surface area contributed by atoms with Crippen LogP contribution in [0.5, 0.6) is 0 Å². The zero-order chi connectivity index (χ0) is 11.6. The Morgan fingerprint density at radius 2 is 2.07 bits per heavy atom. The summed E-state index contributed by atoms with van der Waals surface area (Å²) in [6, 6.07) is 3.21. The van der Waals surface area contributed by atoms with Crippen molar-refractivity contribution in [1.29, 1.82) is 0 Å². The van der Waals surface area contributed by atoms with E-state index in [0.29, 0.717) is 5.56 Å². The molecule has 0 bridgehead atoms. The Hall–Kier alpha value is -1.91. The smallest absolute Gasteiger partial charge is 0.308 e. The Morgan fingerprint density at radius 1 is 1.47 bits per heavy atom. The summed E-state index contributed by atoms with van der Waals surface area (Å²) < 4.78 is 0. The van der Waals surface area contributed by atoms with Crippen LogP contribution in [0.2, 0.25) is 0 Å². The second kappa shape index (κ2) is 4.08. The molecule has 0 aliphatic rings. The molecule has 1 N–H and O–H groups in total. The molecule has 0 fully saturated rings. The Morgan fingerprint density at radius 3 is 2.53 bits per heavy atom. The molecular formula is C10H11NO4. The molecule has 15 heavy (non-hydrogen) atoms. The van der Waals surface area contributed by atoms with Gasteiger partial charge in [0, 0.05) is 11.1 Å². The summed E-state index contributed by atoms with van der Waals surface area (Å²) in [5.41, 5.74) is 1.48. The quantitative estimate of drug-likeness (QED) is 0.608. The molecule has 0 amide bonds. The number of carboxylic acids is 1. The third-order valence-electron chi connectivity index (χ3n) is 2.05. The molecule has 0 aliphatic heterocycles. The molecule has 0 atom stereocenters. The van der Waals surface area contributed by atoms with Gasteiger partial charge in [-0.3, -0.25) is 14.9 Å². The second-order valence-electron chi connectivity index (χ2n) is 3.42. The predicted molar refractivity (Wildman–Crippen MR) is 53.9 cm³/mol. The van der Waals surface area contributed by atoms with Crippen LogP contribution < -0.4 is 0 Å². The molecule has 0 spiro atoms. The normalized spacial score (nSPS) is 10.0. The Balaban J connectivity index is 3.33. The maximum Gasteiger partial charge on any atom is 0.308 e. The van der Waals surface area contributed by atoms with Crippen LogP contribution in [0.1, 0.15) is 16.7 Å². The van der Waals surface area contributed by atoms with E-state index in [2.05, 4.69) is 0 Å². The minimum atomic E-state index is -1.07. The van der Waals surface area contributed by atoms with Gasteiger partial charge in [-0.05, 0) is 26.0 Å². The molecule has 0 heterocycles. The van der Waals surface area contributed by atoms with Crippen LogP contribution in [0.15, 0.2) is 12.1 Å². The van der Waals surface area contributed by atoms with Gasteiger partial charge < -0.3 is 5.11 Å². The lowest BCUT2D eigenvalue weighted by atomic mass is 10.0. The molecule has 1 aromatic carbocycles. The van der Waals surface area contributed by atoms with Crippen LogP contribution in [-0.4, -0.2) is 16.0 Å². The molecule has 0 aromatic heterocycles. The average Bonchev–Trinajstić information content (AvgIpc) is 1.99. The van der Waals surface area contributed by atoms with Crippen molar-refractivity contribution in [1.82, 2.24) is 0 Å². The minimum absolute atomic E-state index is 0.0944. The van der Waals surface area contributed by atoms with Gasteiger partial charge in [0.1, 0.15) is 0 Å². The number of carbonyl (C=O) groups is 1. The van der Waals surface area contributed by atoms with Gasteiger partial charge >= 0.3 is 5.97 Å². The average molecular weight is 209 g/mol. The zero-order valence-electron chi connectivity index (χ0n) is 8.48. The minimum Gasteiger partial charge on any atom is -0.481 e. The Bertz CT molecular complexity index is 426. The van der Waals surface area contributed by atoms with E-state index in [1.807, 2.05) is 0 Å². The van der Waals surface area contributed by atoms with E-state index in [9.17, 15) is 14.9 Å². The van der Waals surface area contributed by atoms with E-state index in [1.54, 1.807) is 26.0 Å². The van der Waals surface area contributed by atoms with Gasteiger partial charge in [0.05, 0.1) is 11.3 Å².